The number of nitrogens with zero attached hydrogens (tertiary/aromatic N) is 1. The van der Waals surface area contributed by atoms with Crippen molar-refractivity contribution in [3.05, 3.63) is 59.7 Å². The highest BCUT2D eigenvalue weighted by Gasteiger charge is 2.06. The molecule has 132 valence electrons. The molecule has 0 atom stereocenters. The number of nitrogens with two attached hydrogens (primary N) is 1. The molecule has 2 N–H and O–H groups in total. The molecule has 0 aliphatic carbocycles. The summed E-state index contributed by atoms with van der Waals surface area (Å²) in [5.41, 5.74) is 7.55. The van der Waals surface area contributed by atoms with Crippen LogP contribution in [0.4, 0.5) is 0 Å². The molecule has 0 aliphatic heterocycles. The van der Waals surface area contributed by atoms with Crippen LogP contribution in [0.1, 0.15) is 24.0 Å². The third-order valence-electron chi connectivity index (χ3n) is 3.52. The minimum atomic E-state index is -0.449. The molecule has 25 heavy (non-hydrogen) atoms. The molecule has 0 fully saturated rings. The summed E-state index contributed by atoms with van der Waals surface area (Å²) in [6.45, 7) is 2.31. The summed E-state index contributed by atoms with van der Waals surface area (Å²) in [6.07, 6.45) is 0.714. The number of hydrogen-bond acceptors (Lipinski definition) is 5. The molecule has 0 unspecified atom stereocenters. The first-order valence-electron chi connectivity index (χ1n) is 7.96. The van der Waals surface area contributed by atoms with Gasteiger partial charge in [-0.1, -0.05) is 29.4 Å². The van der Waals surface area contributed by atoms with Crippen molar-refractivity contribution in [1.82, 2.24) is 0 Å². The summed E-state index contributed by atoms with van der Waals surface area (Å²) in [7, 11) is 1.61. The third kappa shape index (κ3) is 5.84. The maximum absolute atomic E-state index is 11.7. The van der Waals surface area contributed by atoms with E-state index in [-0.39, 0.29) is 12.3 Å². The van der Waals surface area contributed by atoms with Crippen LogP contribution in [-0.4, -0.2) is 25.5 Å². The van der Waals surface area contributed by atoms with E-state index in [9.17, 15) is 4.79 Å². The number of methoxy groups -OCH3 is 1. The molecule has 0 heterocycles. The first-order chi connectivity index (χ1) is 12.1. The summed E-state index contributed by atoms with van der Waals surface area (Å²) in [5, 5.41) is 3.70. The molecule has 2 aromatic carbocycles. The maximum atomic E-state index is 11.7. The minimum absolute atomic E-state index is 0.181. The van der Waals surface area contributed by atoms with E-state index in [1.165, 1.54) is 0 Å². The molecule has 0 aromatic heterocycles. The second-order valence-electron chi connectivity index (χ2n) is 5.38. The Kier molecular flexibility index (Phi) is 6.83. The number of oxime groups is 1. The lowest BCUT2D eigenvalue weighted by atomic mass is 10.1. The molecule has 0 spiro atoms. The van der Waals surface area contributed by atoms with Crippen molar-refractivity contribution < 1.29 is 19.1 Å². The van der Waals surface area contributed by atoms with Crippen LogP contribution in [0.25, 0.3) is 0 Å². The molecule has 0 amide bonds. The van der Waals surface area contributed by atoms with E-state index in [0.29, 0.717) is 13.0 Å². The predicted octanol–water partition coefficient (Wildman–Crippen LogP) is 3.03. The second-order valence-corrected chi connectivity index (χ2v) is 5.38. The molecule has 0 radical (unpaired) electrons. The number of carbonyl (C=O) groups is 1. The van der Waals surface area contributed by atoms with Gasteiger partial charge >= 0.3 is 5.97 Å². The van der Waals surface area contributed by atoms with Gasteiger partial charge in [0.05, 0.1) is 20.1 Å². The average molecular weight is 342 g/mol. The molecule has 2 aromatic rings. The summed E-state index contributed by atoms with van der Waals surface area (Å²) in [5.74, 6) is 1.21. The van der Waals surface area contributed by atoms with E-state index in [1.54, 1.807) is 7.11 Å². The Morgan fingerprint density at radius 3 is 2.44 bits per heavy atom. The van der Waals surface area contributed by atoms with Gasteiger partial charge in [0.2, 0.25) is 0 Å². The van der Waals surface area contributed by atoms with Gasteiger partial charge in [0.15, 0.2) is 5.84 Å². The Bertz CT molecular complexity index is 726. The molecular weight excluding hydrogens is 320 g/mol. The number of amidine groups is 1. The molecule has 6 heteroatoms. The second kappa shape index (κ2) is 9.32. The van der Waals surface area contributed by atoms with E-state index in [0.717, 1.165) is 22.6 Å². The van der Waals surface area contributed by atoms with Crippen molar-refractivity contribution in [3.63, 3.8) is 0 Å². The van der Waals surface area contributed by atoms with Crippen molar-refractivity contribution in [2.24, 2.45) is 10.9 Å². The lowest BCUT2D eigenvalue weighted by Gasteiger charge is -2.06. The summed E-state index contributed by atoms with van der Waals surface area (Å²) in [6, 6.07) is 14.7. The Labute approximate surface area is 147 Å². The van der Waals surface area contributed by atoms with E-state index in [1.807, 2.05) is 55.5 Å². The summed E-state index contributed by atoms with van der Waals surface area (Å²) in [4.78, 5) is 16.5. The van der Waals surface area contributed by atoms with Gasteiger partial charge in [0.1, 0.15) is 11.5 Å². The largest absolute Gasteiger partial charge is 0.497 e. The zero-order valence-corrected chi connectivity index (χ0v) is 14.4. The van der Waals surface area contributed by atoms with Gasteiger partial charge in [-0.15, -0.1) is 0 Å². The van der Waals surface area contributed by atoms with Crippen molar-refractivity contribution in [1.29, 1.82) is 0 Å². The van der Waals surface area contributed by atoms with Crippen LogP contribution in [0, 0.1) is 6.92 Å². The SMILES string of the molecule is COc1ccc(OCCCC(=O)O/N=C(\N)c2ccccc2C)cc1. The minimum Gasteiger partial charge on any atom is -0.497 e. The van der Waals surface area contributed by atoms with E-state index in [4.69, 9.17) is 20.0 Å². The van der Waals surface area contributed by atoms with Crippen LogP contribution >= 0.6 is 0 Å². The van der Waals surface area contributed by atoms with Crippen LogP contribution in [0.15, 0.2) is 53.7 Å². The third-order valence-corrected chi connectivity index (χ3v) is 3.52. The first-order valence-corrected chi connectivity index (χ1v) is 7.96. The quantitative estimate of drug-likeness (QED) is 0.262. The normalized spacial score (nSPS) is 11.0. The molecule has 2 rings (SSSR count). The van der Waals surface area contributed by atoms with Gasteiger partial charge in [-0.05, 0) is 43.2 Å². The van der Waals surface area contributed by atoms with Gasteiger partial charge in [0.25, 0.3) is 0 Å². The monoisotopic (exact) mass is 342 g/mol. The van der Waals surface area contributed by atoms with Gasteiger partial charge in [-0.2, -0.15) is 0 Å². The number of carbonyl (C=O) groups excluding carboxylic acids is 1. The standard InChI is InChI=1S/C19H22N2O4/c1-14-6-3-4-7-17(14)19(20)21-25-18(22)8-5-13-24-16-11-9-15(23-2)10-12-16/h3-4,6-7,9-12H,5,8,13H2,1-2H3,(H2,20,21). The van der Waals surface area contributed by atoms with Gasteiger partial charge in [-0.25, -0.2) is 4.79 Å². The van der Waals surface area contributed by atoms with Crippen molar-refractivity contribution in [2.45, 2.75) is 19.8 Å². The molecular formula is C19H22N2O4. The zero-order valence-electron chi connectivity index (χ0n) is 14.4. The van der Waals surface area contributed by atoms with Gasteiger partial charge in [-0.3, -0.25) is 0 Å². The predicted molar refractivity (Wildman–Crippen MR) is 95.7 cm³/mol. The van der Waals surface area contributed by atoms with Crippen molar-refractivity contribution in [3.8, 4) is 11.5 Å². The Balaban J connectivity index is 1.71. The summed E-state index contributed by atoms with van der Waals surface area (Å²) < 4.78 is 10.6. The summed E-state index contributed by atoms with van der Waals surface area (Å²) >= 11 is 0. The van der Waals surface area contributed by atoms with Crippen molar-refractivity contribution in [2.75, 3.05) is 13.7 Å². The Morgan fingerprint density at radius 1 is 1.08 bits per heavy atom. The van der Waals surface area contributed by atoms with Crippen LogP contribution < -0.4 is 15.2 Å². The Morgan fingerprint density at radius 2 is 1.76 bits per heavy atom. The van der Waals surface area contributed by atoms with Crippen LogP contribution in [0.3, 0.4) is 0 Å². The number of aryl methyl sites for hydroxylation is 1. The van der Waals surface area contributed by atoms with Gasteiger partial charge in [0, 0.05) is 5.56 Å². The van der Waals surface area contributed by atoms with Gasteiger partial charge < -0.3 is 20.0 Å². The maximum Gasteiger partial charge on any atom is 0.335 e. The first kappa shape index (κ1) is 18.3. The number of benzene rings is 2. The van der Waals surface area contributed by atoms with Crippen LogP contribution in [-0.2, 0) is 9.63 Å². The number of hydrogen-bond donors (Lipinski definition) is 1. The lowest BCUT2D eigenvalue weighted by molar-refractivity contribution is -0.143. The van der Waals surface area contributed by atoms with E-state index < -0.39 is 5.97 Å². The fourth-order valence-electron chi connectivity index (χ4n) is 2.13. The highest BCUT2D eigenvalue weighted by molar-refractivity contribution is 5.98. The average Bonchev–Trinajstić information content (AvgIpc) is 2.64. The fourth-order valence-corrected chi connectivity index (χ4v) is 2.13. The highest BCUT2D eigenvalue weighted by atomic mass is 16.7. The topological polar surface area (TPSA) is 83.1 Å². The van der Waals surface area contributed by atoms with Crippen molar-refractivity contribution >= 4 is 11.8 Å². The Hall–Kier alpha value is -3.02. The van der Waals surface area contributed by atoms with E-state index >= 15 is 0 Å². The molecule has 0 saturated carbocycles. The molecule has 0 bridgehead atoms. The number of rotatable bonds is 8. The molecule has 0 saturated heterocycles. The van der Waals surface area contributed by atoms with Crippen LogP contribution in [0.2, 0.25) is 0 Å². The fraction of sp³-hybridized carbons (Fsp3) is 0.263. The molecule has 0 aliphatic rings. The lowest BCUT2D eigenvalue weighted by Crippen LogP contribution is -2.16. The van der Waals surface area contributed by atoms with E-state index in [2.05, 4.69) is 5.16 Å². The zero-order chi connectivity index (χ0) is 18.1. The molecule has 6 nitrogen and oxygen atoms in total. The highest BCUT2D eigenvalue weighted by Crippen LogP contribution is 2.17. The van der Waals surface area contributed by atoms with Crippen LogP contribution in [0.5, 0.6) is 11.5 Å². The smallest absolute Gasteiger partial charge is 0.335 e. The number of ether oxygens (including phenoxy) is 2.